The Morgan fingerprint density at radius 1 is 1.38 bits per heavy atom. The Labute approximate surface area is 124 Å². The van der Waals surface area contributed by atoms with Gasteiger partial charge in [0.05, 0.1) is 6.10 Å². The van der Waals surface area contributed by atoms with Crippen molar-refractivity contribution >= 4 is 16.0 Å². The van der Waals surface area contributed by atoms with Gasteiger partial charge < -0.3 is 14.6 Å². The number of hydrogen-bond acceptors (Lipinski definition) is 5. The van der Waals surface area contributed by atoms with Crippen LogP contribution in [0.4, 0.5) is 0 Å². The Morgan fingerprint density at radius 3 is 2.38 bits per heavy atom. The molecule has 0 saturated carbocycles. The van der Waals surface area contributed by atoms with Gasteiger partial charge in [-0.2, -0.15) is 0 Å². The molecule has 1 unspecified atom stereocenters. The molecule has 1 heterocycles. The lowest BCUT2D eigenvalue weighted by molar-refractivity contribution is 0.0661. The number of carboxylic acid groups (broad SMARTS) is 1. The van der Waals surface area contributed by atoms with Crippen molar-refractivity contribution in [1.29, 1.82) is 0 Å². The van der Waals surface area contributed by atoms with Crippen LogP contribution in [-0.2, 0) is 10.0 Å². The number of carboxylic acids is 1. The maximum absolute atomic E-state index is 12.1. The van der Waals surface area contributed by atoms with Crippen LogP contribution in [0.5, 0.6) is 0 Å². The van der Waals surface area contributed by atoms with Crippen molar-refractivity contribution in [2.24, 2.45) is 5.92 Å². The fourth-order valence-corrected chi connectivity index (χ4v) is 3.34. The Balaban J connectivity index is 2.85. The highest BCUT2D eigenvalue weighted by atomic mass is 32.2. The minimum Gasteiger partial charge on any atom is -0.475 e. The van der Waals surface area contributed by atoms with Crippen molar-refractivity contribution in [3.05, 3.63) is 17.6 Å². The van der Waals surface area contributed by atoms with Gasteiger partial charge in [0.15, 0.2) is 0 Å². The second-order valence-electron chi connectivity index (χ2n) is 4.83. The Morgan fingerprint density at radius 2 is 1.95 bits per heavy atom. The summed E-state index contributed by atoms with van der Waals surface area (Å²) in [6.45, 7) is 5.09. The third kappa shape index (κ3) is 4.29. The molecule has 120 valence electrons. The number of aryl methyl sites for hydroxylation is 1. The molecule has 1 aromatic heterocycles. The van der Waals surface area contributed by atoms with Crippen LogP contribution in [-0.4, -0.2) is 37.2 Å². The number of rotatable bonds is 8. The van der Waals surface area contributed by atoms with Crippen LogP contribution in [0.1, 0.15) is 43.0 Å². The number of hydrogen-bond donors (Lipinski definition) is 3. The average Bonchev–Trinajstić information content (AvgIpc) is 2.81. The Kier molecular flexibility index (Phi) is 5.94. The first-order valence-electron chi connectivity index (χ1n) is 6.74. The fourth-order valence-electron chi connectivity index (χ4n) is 2.11. The van der Waals surface area contributed by atoms with E-state index in [1.807, 2.05) is 13.8 Å². The second kappa shape index (κ2) is 7.06. The number of aromatic carboxylic acids is 1. The highest BCUT2D eigenvalue weighted by molar-refractivity contribution is 7.89. The first-order valence-corrected chi connectivity index (χ1v) is 8.22. The maximum atomic E-state index is 12.1. The minimum absolute atomic E-state index is 0.00285. The van der Waals surface area contributed by atoms with Crippen LogP contribution in [0.2, 0.25) is 0 Å². The third-order valence-corrected chi connectivity index (χ3v) is 4.98. The molecule has 1 rings (SSSR count). The summed E-state index contributed by atoms with van der Waals surface area (Å²) in [5.74, 6) is -1.77. The maximum Gasteiger partial charge on any atom is 0.371 e. The third-order valence-electron chi connectivity index (χ3n) is 3.45. The van der Waals surface area contributed by atoms with Gasteiger partial charge in [-0.05, 0) is 12.8 Å². The van der Waals surface area contributed by atoms with Gasteiger partial charge in [0, 0.05) is 12.6 Å². The molecule has 0 aromatic carbocycles. The molecule has 21 heavy (non-hydrogen) atoms. The minimum atomic E-state index is -3.92. The van der Waals surface area contributed by atoms with E-state index in [-0.39, 0.29) is 23.1 Å². The quantitative estimate of drug-likeness (QED) is 0.666. The molecule has 0 radical (unpaired) electrons. The molecule has 3 N–H and O–H groups in total. The van der Waals surface area contributed by atoms with Crippen molar-refractivity contribution in [2.75, 3.05) is 6.54 Å². The van der Waals surface area contributed by atoms with Crippen LogP contribution < -0.4 is 4.72 Å². The summed E-state index contributed by atoms with van der Waals surface area (Å²) in [6.07, 6.45) is 0.696. The molecular formula is C13H21NO6S. The number of sulfonamides is 1. The number of furan rings is 1. The standard InChI is InChI=1S/C13H21NO6S/c1-4-9(5-2)10(15)7-14-21(18,19)12-6-11(13(16)17)20-8(12)3/h6,9-10,14-15H,4-5,7H2,1-3H3,(H,16,17). The van der Waals surface area contributed by atoms with E-state index in [0.717, 1.165) is 18.9 Å². The van der Waals surface area contributed by atoms with Crippen LogP contribution >= 0.6 is 0 Å². The smallest absolute Gasteiger partial charge is 0.371 e. The average molecular weight is 319 g/mol. The van der Waals surface area contributed by atoms with Gasteiger partial charge in [-0.3, -0.25) is 0 Å². The zero-order valence-electron chi connectivity index (χ0n) is 12.3. The number of carbonyl (C=O) groups is 1. The number of nitrogens with one attached hydrogen (secondary N) is 1. The van der Waals surface area contributed by atoms with E-state index < -0.39 is 27.9 Å². The predicted octanol–water partition coefficient (Wildman–Crippen LogP) is 1.36. The molecular weight excluding hydrogens is 298 g/mol. The van der Waals surface area contributed by atoms with Gasteiger partial charge in [-0.25, -0.2) is 17.9 Å². The molecule has 0 spiro atoms. The number of aliphatic hydroxyl groups is 1. The van der Waals surface area contributed by atoms with Gasteiger partial charge in [-0.1, -0.05) is 26.7 Å². The van der Waals surface area contributed by atoms with Crippen LogP contribution in [0.25, 0.3) is 0 Å². The molecule has 0 amide bonds. The second-order valence-corrected chi connectivity index (χ2v) is 6.57. The molecule has 1 aromatic rings. The monoisotopic (exact) mass is 319 g/mol. The number of aliphatic hydroxyl groups excluding tert-OH is 1. The van der Waals surface area contributed by atoms with E-state index in [1.165, 1.54) is 6.92 Å². The van der Waals surface area contributed by atoms with Gasteiger partial charge >= 0.3 is 5.97 Å². The van der Waals surface area contributed by atoms with Crippen LogP contribution in [0.3, 0.4) is 0 Å². The molecule has 0 aliphatic carbocycles. The predicted molar refractivity (Wildman–Crippen MR) is 75.7 cm³/mol. The van der Waals surface area contributed by atoms with E-state index in [9.17, 15) is 18.3 Å². The van der Waals surface area contributed by atoms with E-state index in [4.69, 9.17) is 9.52 Å². The van der Waals surface area contributed by atoms with E-state index in [2.05, 4.69) is 4.72 Å². The van der Waals surface area contributed by atoms with Gasteiger partial charge in [-0.15, -0.1) is 0 Å². The highest BCUT2D eigenvalue weighted by Crippen LogP contribution is 2.20. The van der Waals surface area contributed by atoms with Crippen molar-refractivity contribution in [3.8, 4) is 0 Å². The lowest BCUT2D eigenvalue weighted by atomic mass is 9.97. The fraction of sp³-hybridized carbons (Fsp3) is 0.615. The van der Waals surface area contributed by atoms with Crippen LogP contribution in [0, 0.1) is 12.8 Å². The lowest BCUT2D eigenvalue weighted by Crippen LogP contribution is -2.36. The normalized spacial score (nSPS) is 13.6. The molecule has 0 bridgehead atoms. The van der Waals surface area contributed by atoms with Crippen molar-refractivity contribution in [3.63, 3.8) is 0 Å². The summed E-state index contributed by atoms with van der Waals surface area (Å²) >= 11 is 0. The van der Waals surface area contributed by atoms with E-state index in [1.54, 1.807) is 0 Å². The summed E-state index contributed by atoms with van der Waals surface area (Å²) < 4.78 is 31.4. The first kappa shape index (κ1) is 17.7. The van der Waals surface area contributed by atoms with Gasteiger partial charge in [0.2, 0.25) is 15.8 Å². The van der Waals surface area contributed by atoms with Crippen molar-refractivity contribution in [2.45, 2.75) is 44.6 Å². The molecule has 8 heteroatoms. The summed E-state index contributed by atoms with van der Waals surface area (Å²) in [5.41, 5.74) is 0. The van der Waals surface area contributed by atoms with Crippen LogP contribution in [0.15, 0.2) is 15.4 Å². The summed E-state index contributed by atoms with van der Waals surface area (Å²) in [4.78, 5) is 10.6. The molecule has 0 saturated heterocycles. The molecule has 0 aliphatic heterocycles. The van der Waals surface area contributed by atoms with Crippen molar-refractivity contribution < 1.29 is 27.8 Å². The topological polar surface area (TPSA) is 117 Å². The molecule has 7 nitrogen and oxygen atoms in total. The molecule has 0 aliphatic rings. The van der Waals surface area contributed by atoms with E-state index in [0.29, 0.717) is 0 Å². The first-order chi connectivity index (χ1) is 9.72. The van der Waals surface area contributed by atoms with Gasteiger partial charge in [0.1, 0.15) is 10.7 Å². The summed E-state index contributed by atoms with van der Waals surface area (Å²) in [6, 6.07) is 0.962. The Bertz CT molecular complexity index is 588. The summed E-state index contributed by atoms with van der Waals surface area (Å²) in [5, 5.41) is 18.7. The lowest BCUT2D eigenvalue weighted by Gasteiger charge is -2.20. The van der Waals surface area contributed by atoms with Crippen molar-refractivity contribution in [1.82, 2.24) is 4.72 Å². The molecule has 0 fully saturated rings. The summed E-state index contributed by atoms with van der Waals surface area (Å²) in [7, 11) is -3.92. The highest BCUT2D eigenvalue weighted by Gasteiger charge is 2.25. The van der Waals surface area contributed by atoms with Gasteiger partial charge in [0.25, 0.3) is 0 Å². The Hall–Kier alpha value is -1.38. The zero-order chi connectivity index (χ0) is 16.2. The largest absolute Gasteiger partial charge is 0.475 e. The molecule has 1 atom stereocenters. The van der Waals surface area contributed by atoms with E-state index >= 15 is 0 Å². The zero-order valence-corrected chi connectivity index (χ0v) is 13.1. The SMILES string of the molecule is CCC(CC)C(O)CNS(=O)(=O)c1cc(C(=O)O)oc1C.